The molecule has 3 rings (SSSR count). The number of benzene rings is 1. The van der Waals surface area contributed by atoms with E-state index in [1.165, 1.54) is 7.11 Å². The van der Waals surface area contributed by atoms with Crippen LogP contribution in [0.1, 0.15) is 24.1 Å². The molecule has 2 aromatic rings. The lowest BCUT2D eigenvalue weighted by Crippen LogP contribution is -2.41. The van der Waals surface area contributed by atoms with Gasteiger partial charge in [0, 0.05) is 19.3 Å². The zero-order valence-corrected chi connectivity index (χ0v) is 17.0. The fraction of sp³-hybridized carbons (Fsp3) is 0.409. The molecular formula is C22H28N4O3. The summed E-state index contributed by atoms with van der Waals surface area (Å²) in [7, 11) is 1.53. The molecule has 2 heterocycles. The summed E-state index contributed by atoms with van der Waals surface area (Å²) in [5.41, 5.74) is 2.54. The topological polar surface area (TPSA) is 83.6 Å². The van der Waals surface area contributed by atoms with Crippen molar-refractivity contribution in [2.45, 2.75) is 26.3 Å². The Labute approximate surface area is 171 Å². The van der Waals surface area contributed by atoms with Crippen molar-refractivity contribution in [2.24, 2.45) is 5.92 Å². The van der Waals surface area contributed by atoms with E-state index in [9.17, 15) is 9.59 Å². The highest BCUT2D eigenvalue weighted by atomic mass is 16.5. The maximum Gasteiger partial charge on any atom is 0.313 e. The van der Waals surface area contributed by atoms with Crippen LogP contribution in [0.15, 0.2) is 42.6 Å². The third-order valence-corrected chi connectivity index (χ3v) is 5.18. The first-order chi connectivity index (χ1) is 14.0. The Bertz CT molecular complexity index is 833. The molecule has 0 radical (unpaired) electrons. The van der Waals surface area contributed by atoms with Gasteiger partial charge in [-0.25, -0.2) is 0 Å². The van der Waals surface area contributed by atoms with Gasteiger partial charge < -0.3 is 15.4 Å². The Kier molecular flexibility index (Phi) is 7.19. The van der Waals surface area contributed by atoms with Crippen LogP contribution in [0.25, 0.3) is 0 Å². The smallest absolute Gasteiger partial charge is 0.313 e. The molecule has 0 atom stereocenters. The Morgan fingerprint density at radius 3 is 2.66 bits per heavy atom. The van der Waals surface area contributed by atoms with Crippen molar-refractivity contribution in [2.75, 3.05) is 32.1 Å². The van der Waals surface area contributed by atoms with Crippen molar-refractivity contribution in [3.63, 3.8) is 0 Å². The molecular weight excluding hydrogens is 368 g/mol. The van der Waals surface area contributed by atoms with Gasteiger partial charge in [0.05, 0.1) is 18.5 Å². The quantitative estimate of drug-likeness (QED) is 0.733. The number of carbonyl (C=O) groups excluding carboxylic acids is 2. The Balaban J connectivity index is 1.42. The van der Waals surface area contributed by atoms with Crippen molar-refractivity contribution < 1.29 is 14.3 Å². The van der Waals surface area contributed by atoms with Gasteiger partial charge in [-0.1, -0.05) is 12.1 Å². The van der Waals surface area contributed by atoms with Crippen LogP contribution >= 0.6 is 0 Å². The first-order valence-corrected chi connectivity index (χ1v) is 9.91. The highest BCUT2D eigenvalue weighted by Gasteiger charge is 2.22. The van der Waals surface area contributed by atoms with Crippen molar-refractivity contribution in [1.82, 2.24) is 15.2 Å². The number of carbonyl (C=O) groups is 2. The average Bonchev–Trinajstić information content (AvgIpc) is 2.74. The number of anilines is 1. The number of methoxy groups -OCH3 is 1. The molecule has 0 aliphatic carbocycles. The zero-order valence-electron chi connectivity index (χ0n) is 17.0. The molecule has 1 fully saturated rings. The first kappa shape index (κ1) is 20.8. The molecule has 0 bridgehead atoms. The molecule has 1 aromatic heterocycles. The molecule has 1 saturated heterocycles. The maximum atomic E-state index is 12.2. The van der Waals surface area contributed by atoms with Crippen molar-refractivity contribution in [3.05, 3.63) is 53.9 Å². The molecule has 1 aliphatic rings. The summed E-state index contributed by atoms with van der Waals surface area (Å²) in [4.78, 5) is 31.2. The lowest BCUT2D eigenvalue weighted by atomic mass is 9.96. The van der Waals surface area contributed by atoms with Crippen LogP contribution in [0, 0.1) is 12.8 Å². The number of rotatable bonds is 6. The fourth-order valence-corrected chi connectivity index (χ4v) is 3.49. The highest BCUT2D eigenvalue weighted by Crippen LogP contribution is 2.25. The first-order valence-electron chi connectivity index (χ1n) is 9.91. The number of likely N-dealkylation sites (tertiary alicyclic amines) is 1. The van der Waals surface area contributed by atoms with Crippen LogP contribution < -0.4 is 15.4 Å². The lowest BCUT2D eigenvalue weighted by Gasteiger charge is -2.31. The summed E-state index contributed by atoms with van der Waals surface area (Å²) in [5, 5.41) is 5.40. The van der Waals surface area contributed by atoms with Gasteiger partial charge in [0.25, 0.3) is 0 Å². The molecule has 0 unspecified atom stereocenters. The molecule has 1 aliphatic heterocycles. The molecule has 7 nitrogen and oxygen atoms in total. The molecule has 2 amide bonds. The van der Waals surface area contributed by atoms with E-state index >= 15 is 0 Å². The third kappa shape index (κ3) is 6.02. The number of nitrogens with zero attached hydrogens (tertiary/aromatic N) is 2. The molecule has 2 N–H and O–H groups in total. The summed E-state index contributed by atoms with van der Waals surface area (Å²) >= 11 is 0. The van der Waals surface area contributed by atoms with Crippen LogP contribution in [-0.4, -0.2) is 48.4 Å². The molecule has 29 heavy (non-hydrogen) atoms. The molecule has 7 heteroatoms. The predicted molar refractivity (Wildman–Crippen MR) is 112 cm³/mol. The van der Waals surface area contributed by atoms with Gasteiger partial charge >= 0.3 is 11.8 Å². The minimum atomic E-state index is -0.679. The number of hydrogen-bond donors (Lipinski definition) is 2. The van der Waals surface area contributed by atoms with Gasteiger partial charge in [0.1, 0.15) is 5.75 Å². The number of pyridine rings is 1. The van der Waals surface area contributed by atoms with E-state index in [-0.39, 0.29) is 0 Å². The van der Waals surface area contributed by atoms with E-state index in [0.29, 0.717) is 23.9 Å². The summed E-state index contributed by atoms with van der Waals surface area (Å²) in [6.45, 7) is 5.19. The maximum absolute atomic E-state index is 12.2. The molecule has 0 saturated carbocycles. The zero-order chi connectivity index (χ0) is 20.6. The SMILES string of the molecule is COc1ccc(C)cc1NC(=O)C(=O)NCC1CCN(Cc2ccccn2)CC1. The molecule has 0 spiro atoms. The van der Waals surface area contributed by atoms with Crippen molar-refractivity contribution >= 4 is 17.5 Å². The average molecular weight is 396 g/mol. The fourth-order valence-electron chi connectivity index (χ4n) is 3.49. The number of aryl methyl sites for hydroxylation is 1. The number of nitrogens with one attached hydrogen (secondary N) is 2. The monoisotopic (exact) mass is 396 g/mol. The van der Waals surface area contributed by atoms with Crippen molar-refractivity contribution in [3.8, 4) is 5.75 Å². The minimum Gasteiger partial charge on any atom is -0.495 e. The summed E-state index contributed by atoms with van der Waals surface area (Å²) in [5.74, 6) is -0.400. The standard InChI is InChI=1S/C22H28N4O3/c1-16-6-7-20(29-2)19(13-16)25-22(28)21(27)24-14-17-8-11-26(12-9-17)15-18-5-3-4-10-23-18/h3-7,10,13,17H,8-9,11-12,14-15H2,1-2H3,(H,24,27)(H,25,28). The highest BCUT2D eigenvalue weighted by molar-refractivity contribution is 6.39. The summed E-state index contributed by atoms with van der Waals surface area (Å²) in [6.07, 6.45) is 3.79. The van der Waals surface area contributed by atoms with Crippen LogP contribution in [0.2, 0.25) is 0 Å². The van der Waals surface area contributed by atoms with E-state index in [2.05, 4.69) is 20.5 Å². The van der Waals surface area contributed by atoms with Gasteiger partial charge in [-0.2, -0.15) is 0 Å². The van der Waals surface area contributed by atoms with Crippen LogP contribution in [-0.2, 0) is 16.1 Å². The van der Waals surface area contributed by atoms with E-state index in [0.717, 1.165) is 43.7 Å². The number of amides is 2. The Morgan fingerprint density at radius 1 is 1.17 bits per heavy atom. The number of hydrogen-bond acceptors (Lipinski definition) is 5. The normalized spacial score (nSPS) is 15.0. The van der Waals surface area contributed by atoms with Gasteiger partial charge in [-0.15, -0.1) is 0 Å². The Morgan fingerprint density at radius 2 is 1.97 bits per heavy atom. The second kappa shape index (κ2) is 10.0. The van der Waals surface area contributed by atoms with Crippen LogP contribution in [0.4, 0.5) is 5.69 Å². The van der Waals surface area contributed by atoms with E-state index in [4.69, 9.17) is 4.74 Å². The largest absolute Gasteiger partial charge is 0.495 e. The predicted octanol–water partition coefficient (Wildman–Crippen LogP) is 2.37. The van der Waals surface area contributed by atoms with E-state index < -0.39 is 11.8 Å². The van der Waals surface area contributed by atoms with Gasteiger partial charge in [0.15, 0.2) is 0 Å². The number of ether oxygens (including phenoxy) is 1. The third-order valence-electron chi connectivity index (χ3n) is 5.18. The second-order valence-electron chi connectivity index (χ2n) is 7.41. The summed E-state index contributed by atoms with van der Waals surface area (Å²) in [6, 6.07) is 11.4. The van der Waals surface area contributed by atoms with Gasteiger partial charge in [-0.3, -0.25) is 19.5 Å². The van der Waals surface area contributed by atoms with Crippen LogP contribution in [0.3, 0.4) is 0 Å². The van der Waals surface area contributed by atoms with Gasteiger partial charge in [0.2, 0.25) is 0 Å². The van der Waals surface area contributed by atoms with Crippen LogP contribution in [0.5, 0.6) is 5.75 Å². The Hall–Kier alpha value is -2.93. The van der Waals surface area contributed by atoms with E-state index in [1.807, 2.05) is 37.4 Å². The number of piperidine rings is 1. The van der Waals surface area contributed by atoms with E-state index in [1.54, 1.807) is 12.1 Å². The molecule has 1 aromatic carbocycles. The second-order valence-corrected chi connectivity index (χ2v) is 7.41. The van der Waals surface area contributed by atoms with Crippen molar-refractivity contribution in [1.29, 1.82) is 0 Å². The molecule has 154 valence electrons. The van der Waals surface area contributed by atoms with Gasteiger partial charge in [-0.05, 0) is 68.6 Å². The lowest BCUT2D eigenvalue weighted by molar-refractivity contribution is -0.136. The minimum absolute atomic E-state index is 0.375. The summed E-state index contributed by atoms with van der Waals surface area (Å²) < 4.78 is 5.23. The number of aromatic nitrogens is 1.